The second kappa shape index (κ2) is 13.4. The monoisotopic (exact) mass is 574 g/mol. The second-order valence-corrected chi connectivity index (χ2v) is 12.3. The van der Waals surface area contributed by atoms with Crippen LogP contribution < -0.4 is 10.6 Å². The first-order valence-corrected chi connectivity index (χ1v) is 15.0. The van der Waals surface area contributed by atoms with Gasteiger partial charge >= 0.3 is 6.09 Å². The van der Waals surface area contributed by atoms with E-state index in [0.717, 1.165) is 11.1 Å². The first-order valence-electron chi connectivity index (χ1n) is 13.6. The lowest BCUT2D eigenvalue weighted by Crippen LogP contribution is -2.52. The summed E-state index contributed by atoms with van der Waals surface area (Å²) in [6.07, 6.45) is 1.49. The molecule has 2 N–H and O–H groups in total. The Kier molecular flexibility index (Phi) is 9.73. The van der Waals surface area contributed by atoms with E-state index in [1.807, 2.05) is 74.5 Å². The van der Waals surface area contributed by atoms with Crippen molar-refractivity contribution < 1.29 is 27.5 Å². The van der Waals surface area contributed by atoms with Crippen LogP contribution in [0.5, 0.6) is 0 Å². The zero-order valence-corrected chi connectivity index (χ0v) is 23.9. The summed E-state index contributed by atoms with van der Waals surface area (Å²) >= 11 is 0. The Hall–Kier alpha value is -4.24. The number of hydrogen-bond acceptors (Lipinski definition) is 6. The van der Waals surface area contributed by atoms with Gasteiger partial charge in [0.15, 0.2) is 5.78 Å². The molecule has 3 aromatic carbocycles. The van der Waals surface area contributed by atoms with Crippen molar-refractivity contribution in [2.45, 2.75) is 56.7 Å². The molecule has 4 rings (SSSR count). The number of nitrogens with one attached hydrogen (secondary N) is 2. The Morgan fingerprint density at radius 3 is 2.02 bits per heavy atom. The summed E-state index contributed by atoms with van der Waals surface area (Å²) in [7, 11) is -4.03. The summed E-state index contributed by atoms with van der Waals surface area (Å²) < 4.78 is 31.8. The molecule has 41 heavy (non-hydrogen) atoms. The van der Waals surface area contributed by atoms with Crippen LogP contribution in [0.2, 0.25) is 0 Å². The van der Waals surface area contributed by atoms with Crippen LogP contribution in [0.25, 0.3) is 6.08 Å². The molecule has 0 fully saturated rings. The third kappa shape index (κ3) is 7.70. The Labute approximate surface area is 240 Å². The smallest absolute Gasteiger partial charge is 0.408 e. The average molecular weight is 575 g/mol. The molecular weight excluding hydrogens is 540 g/mol. The number of benzene rings is 3. The number of aryl methyl sites for hydroxylation is 1. The predicted molar refractivity (Wildman–Crippen MR) is 156 cm³/mol. The number of sulfone groups is 1. The molecular formula is C32H34N2O6S. The third-order valence-electron chi connectivity index (χ3n) is 6.75. The Morgan fingerprint density at radius 2 is 1.39 bits per heavy atom. The van der Waals surface area contributed by atoms with Gasteiger partial charge in [0.05, 0.1) is 10.9 Å². The van der Waals surface area contributed by atoms with Crippen molar-refractivity contribution in [3.8, 4) is 0 Å². The van der Waals surface area contributed by atoms with Crippen molar-refractivity contribution in [3.05, 3.63) is 107 Å². The lowest BCUT2D eigenvalue weighted by Gasteiger charge is -2.24. The highest BCUT2D eigenvalue weighted by Crippen LogP contribution is 2.34. The third-order valence-corrected chi connectivity index (χ3v) is 8.60. The van der Waals surface area contributed by atoms with E-state index in [9.17, 15) is 22.8 Å². The molecule has 3 aromatic rings. The number of carbonyl (C=O) groups is 3. The summed E-state index contributed by atoms with van der Waals surface area (Å²) in [6, 6.07) is 22.8. The van der Waals surface area contributed by atoms with Gasteiger partial charge in [-0.15, -0.1) is 0 Å². The molecule has 2 atom stereocenters. The molecule has 1 heterocycles. The Morgan fingerprint density at radius 1 is 0.780 bits per heavy atom. The second-order valence-electron chi connectivity index (χ2n) is 10.4. The largest absolute Gasteiger partial charge is 0.445 e. The van der Waals surface area contributed by atoms with Gasteiger partial charge in [-0.3, -0.25) is 9.59 Å². The van der Waals surface area contributed by atoms with Crippen molar-refractivity contribution in [1.82, 2.24) is 10.6 Å². The molecule has 8 nitrogen and oxygen atoms in total. The molecule has 2 amide bonds. The minimum Gasteiger partial charge on any atom is -0.445 e. The van der Waals surface area contributed by atoms with E-state index < -0.39 is 39.7 Å². The number of carbonyl (C=O) groups excluding carboxylic acids is 3. The van der Waals surface area contributed by atoms with Crippen LogP contribution in [-0.4, -0.2) is 38.3 Å². The van der Waals surface area contributed by atoms with Gasteiger partial charge in [0.25, 0.3) is 0 Å². The van der Waals surface area contributed by atoms with Gasteiger partial charge in [-0.25, -0.2) is 13.2 Å². The summed E-state index contributed by atoms with van der Waals surface area (Å²) in [5.41, 5.74) is 2.17. The maximum absolute atomic E-state index is 13.7. The molecule has 1 aliphatic heterocycles. The van der Waals surface area contributed by atoms with Crippen molar-refractivity contribution in [3.63, 3.8) is 0 Å². The van der Waals surface area contributed by atoms with E-state index in [1.165, 1.54) is 12.1 Å². The minimum absolute atomic E-state index is 0.0334. The van der Waals surface area contributed by atoms with Crippen LogP contribution in [0.4, 0.5) is 4.79 Å². The molecule has 214 valence electrons. The molecule has 9 heteroatoms. The fourth-order valence-electron chi connectivity index (χ4n) is 4.66. The van der Waals surface area contributed by atoms with Gasteiger partial charge in [-0.2, -0.15) is 0 Å². The van der Waals surface area contributed by atoms with Crippen LogP contribution in [0.15, 0.2) is 94.7 Å². The first-order chi connectivity index (χ1) is 19.6. The molecule has 0 aliphatic carbocycles. The van der Waals surface area contributed by atoms with Crippen molar-refractivity contribution in [2.75, 3.05) is 0 Å². The van der Waals surface area contributed by atoms with Gasteiger partial charge in [-0.05, 0) is 54.0 Å². The summed E-state index contributed by atoms with van der Waals surface area (Å²) in [5.74, 6) is -1.25. The van der Waals surface area contributed by atoms with Crippen LogP contribution in [0.3, 0.4) is 0 Å². The SMILES string of the molecule is CC(C)CC(NC(=O)OCc1ccccc1)C(=O)NC(CCc1ccccc1)C(=O)C1=Cc2ccccc2S1(=O)=O. The molecule has 1 aliphatic rings. The quantitative estimate of drug-likeness (QED) is 0.320. The predicted octanol–water partition coefficient (Wildman–Crippen LogP) is 4.84. The van der Waals surface area contributed by atoms with Crippen LogP contribution in [-0.2, 0) is 37.2 Å². The summed E-state index contributed by atoms with van der Waals surface area (Å²) in [5, 5.41) is 5.37. The van der Waals surface area contributed by atoms with Gasteiger partial charge in [-0.1, -0.05) is 92.7 Å². The fraction of sp³-hybridized carbons (Fsp3) is 0.281. The number of alkyl carbamates (subject to hydrolysis) is 1. The van der Waals surface area contributed by atoms with E-state index in [-0.39, 0.29) is 35.2 Å². The highest BCUT2D eigenvalue weighted by molar-refractivity contribution is 7.96. The van der Waals surface area contributed by atoms with Gasteiger partial charge in [0, 0.05) is 0 Å². The Bertz CT molecular complexity index is 1520. The number of rotatable bonds is 12. The van der Waals surface area contributed by atoms with Gasteiger partial charge in [0.1, 0.15) is 17.6 Å². The Balaban J connectivity index is 1.52. The summed E-state index contributed by atoms with van der Waals surface area (Å²) in [4.78, 5) is 39.6. The molecule has 0 radical (unpaired) electrons. The maximum atomic E-state index is 13.7. The highest BCUT2D eigenvalue weighted by atomic mass is 32.2. The molecule has 0 bridgehead atoms. The number of ketones is 1. The van der Waals surface area contributed by atoms with E-state index in [2.05, 4.69) is 10.6 Å². The molecule has 2 unspecified atom stereocenters. The average Bonchev–Trinajstić information content (AvgIpc) is 3.24. The van der Waals surface area contributed by atoms with Crippen LogP contribution >= 0.6 is 0 Å². The number of hydrogen-bond donors (Lipinski definition) is 2. The van der Waals surface area contributed by atoms with E-state index >= 15 is 0 Å². The van der Waals surface area contributed by atoms with Crippen LogP contribution in [0, 0.1) is 5.92 Å². The zero-order valence-electron chi connectivity index (χ0n) is 23.1. The lowest BCUT2D eigenvalue weighted by molar-refractivity contribution is -0.127. The maximum Gasteiger partial charge on any atom is 0.408 e. The number of ether oxygens (including phenoxy) is 1. The van der Waals surface area contributed by atoms with Crippen molar-refractivity contribution >= 4 is 33.7 Å². The number of Topliss-reactive ketones (excluding diaryl/α,β-unsaturated/α-hetero) is 1. The zero-order chi connectivity index (χ0) is 29.4. The lowest BCUT2D eigenvalue weighted by atomic mass is 9.99. The van der Waals surface area contributed by atoms with Crippen molar-refractivity contribution in [2.24, 2.45) is 5.92 Å². The standard InChI is InChI=1S/C32H34N2O6S/c1-22(2)19-27(34-32(37)40-21-24-13-7-4-8-14-24)31(36)33-26(18-17-23-11-5-3-6-12-23)30(35)29-20-25-15-9-10-16-28(25)41(29,38)39/h3-16,20,22,26-27H,17-19,21H2,1-2H3,(H,33,36)(H,34,37). The highest BCUT2D eigenvalue weighted by Gasteiger charge is 2.38. The van der Waals surface area contributed by atoms with E-state index in [1.54, 1.807) is 18.2 Å². The van der Waals surface area contributed by atoms with Gasteiger partial charge in [0.2, 0.25) is 15.7 Å². The molecule has 0 spiro atoms. The molecule has 0 saturated carbocycles. The minimum atomic E-state index is -4.03. The van der Waals surface area contributed by atoms with E-state index in [0.29, 0.717) is 12.0 Å². The molecule has 0 aromatic heterocycles. The number of fused-ring (bicyclic) bond motifs is 1. The van der Waals surface area contributed by atoms with E-state index in [4.69, 9.17) is 4.74 Å². The topological polar surface area (TPSA) is 119 Å². The summed E-state index contributed by atoms with van der Waals surface area (Å²) in [6.45, 7) is 3.85. The normalized spacial score (nSPS) is 14.9. The first kappa shape index (κ1) is 29.7. The van der Waals surface area contributed by atoms with Crippen molar-refractivity contribution in [1.29, 1.82) is 0 Å². The van der Waals surface area contributed by atoms with Gasteiger partial charge < -0.3 is 15.4 Å². The van der Waals surface area contributed by atoms with Crippen LogP contribution in [0.1, 0.15) is 43.4 Å². The molecule has 0 saturated heterocycles. The number of amides is 2. The fourth-order valence-corrected chi connectivity index (χ4v) is 6.28.